The standard InChI is InChI=1S/C22H24N2O5S/c1-15-6-7-20-17(12-21(25)29-22(20)16(15)2)14-23-18-4-3-5-19(13-18)30(26,27)24-8-10-28-11-9-24/h3-7,12-13,23H,8-11,14H2,1-2H3. The summed E-state index contributed by atoms with van der Waals surface area (Å²) in [5, 5.41) is 4.10. The Hall–Kier alpha value is -2.68. The van der Waals surface area contributed by atoms with Crippen molar-refractivity contribution in [1.82, 2.24) is 4.31 Å². The molecule has 2 aromatic carbocycles. The molecule has 158 valence electrons. The van der Waals surface area contributed by atoms with E-state index in [-0.39, 0.29) is 4.90 Å². The minimum atomic E-state index is -3.57. The highest BCUT2D eigenvalue weighted by molar-refractivity contribution is 7.89. The maximum Gasteiger partial charge on any atom is 0.336 e. The molecule has 2 heterocycles. The second kappa shape index (κ2) is 8.22. The van der Waals surface area contributed by atoms with Gasteiger partial charge in [0.2, 0.25) is 10.0 Å². The quantitative estimate of drug-likeness (QED) is 0.629. The van der Waals surface area contributed by atoms with Crippen LogP contribution in [0.3, 0.4) is 0 Å². The molecule has 0 unspecified atom stereocenters. The van der Waals surface area contributed by atoms with Crippen molar-refractivity contribution in [2.24, 2.45) is 0 Å². The molecule has 1 aliphatic rings. The normalized spacial score (nSPS) is 15.4. The molecular weight excluding hydrogens is 404 g/mol. The first-order chi connectivity index (χ1) is 14.4. The van der Waals surface area contributed by atoms with Gasteiger partial charge in [-0.3, -0.25) is 0 Å². The Morgan fingerprint density at radius 3 is 2.60 bits per heavy atom. The highest BCUT2D eigenvalue weighted by Crippen LogP contribution is 2.25. The Morgan fingerprint density at radius 2 is 1.83 bits per heavy atom. The summed E-state index contributed by atoms with van der Waals surface area (Å²) in [5.41, 5.74) is 3.63. The van der Waals surface area contributed by atoms with Crippen LogP contribution in [0.5, 0.6) is 0 Å². The Morgan fingerprint density at radius 1 is 1.07 bits per heavy atom. The van der Waals surface area contributed by atoms with Gasteiger partial charge in [0.25, 0.3) is 0 Å². The number of rotatable bonds is 5. The van der Waals surface area contributed by atoms with Crippen LogP contribution in [0, 0.1) is 13.8 Å². The van der Waals surface area contributed by atoms with Crippen LogP contribution in [0.25, 0.3) is 11.0 Å². The molecule has 0 spiro atoms. The van der Waals surface area contributed by atoms with Crippen LogP contribution in [0.15, 0.2) is 56.6 Å². The van der Waals surface area contributed by atoms with Crippen LogP contribution in [0.2, 0.25) is 0 Å². The molecule has 3 aromatic rings. The van der Waals surface area contributed by atoms with Crippen molar-refractivity contribution in [3.05, 3.63) is 69.6 Å². The van der Waals surface area contributed by atoms with Crippen molar-refractivity contribution < 1.29 is 17.6 Å². The molecule has 1 fully saturated rings. The number of nitrogens with one attached hydrogen (secondary N) is 1. The minimum absolute atomic E-state index is 0.235. The summed E-state index contributed by atoms with van der Waals surface area (Å²) in [4.78, 5) is 12.3. The summed E-state index contributed by atoms with van der Waals surface area (Å²) >= 11 is 0. The lowest BCUT2D eigenvalue weighted by atomic mass is 10.0. The van der Waals surface area contributed by atoms with Crippen molar-refractivity contribution >= 4 is 26.7 Å². The van der Waals surface area contributed by atoms with Gasteiger partial charge in [0.05, 0.1) is 18.1 Å². The number of ether oxygens (including phenoxy) is 1. The van der Waals surface area contributed by atoms with Crippen LogP contribution >= 0.6 is 0 Å². The third kappa shape index (κ3) is 3.98. The van der Waals surface area contributed by atoms with Gasteiger partial charge in [-0.2, -0.15) is 4.31 Å². The van der Waals surface area contributed by atoms with Gasteiger partial charge in [0, 0.05) is 36.8 Å². The number of hydrogen-bond donors (Lipinski definition) is 1. The number of sulfonamides is 1. The molecule has 7 nitrogen and oxygen atoms in total. The van der Waals surface area contributed by atoms with E-state index in [0.29, 0.717) is 44.1 Å². The molecule has 30 heavy (non-hydrogen) atoms. The summed E-state index contributed by atoms with van der Waals surface area (Å²) in [6.07, 6.45) is 0. The van der Waals surface area contributed by atoms with Gasteiger partial charge in [-0.25, -0.2) is 13.2 Å². The summed E-state index contributed by atoms with van der Waals surface area (Å²) in [6.45, 7) is 5.78. The van der Waals surface area contributed by atoms with E-state index < -0.39 is 15.6 Å². The number of nitrogens with zero attached hydrogens (tertiary/aromatic N) is 1. The Bertz CT molecular complexity index is 1240. The monoisotopic (exact) mass is 428 g/mol. The average molecular weight is 429 g/mol. The first-order valence-corrected chi connectivity index (χ1v) is 11.2. The maximum absolute atomic E-state index is 12.9. The van der Waals surface area contributed by atoms with Crippen LogP contribution in [-0.4, -0.2) is 39.0 Å². The van der Waals surface area contributed by atoms with E-state index in [4.69, 9.17) is 9.15 Å². The Labute approximate surface area is 175 Å². The molecule has 0 atom stereocenters. The number of hydrogen-bond acceptors (Lipinski definition) is 6. The SMILES string of the molecule is Cc1ccc2c(CNc3cccc(S(=O)(=O)N4CCOCC4)c3)cc(=O)oc2c1C. The van der Waals surface area contributed by atoms with Crippen LogP contribution in [-0.2, 0) is 21.3 Å². The van der Waals surface area contributed by atoms with Crippen LogP contribution in [0.1, 0.15) is 16.7 Å². The molecule has 0 radical (unpaired) electrons. The lowest BCUT2D eigenvalue weighted by Gasteiger charge is -2.26. The second-order valence-corrected chi connectivity index (χ2v) is 9.31. The highest BCUT2D eigenvalue weighted by atomic mass is 32.2. The van der Waals surface area contributed by atoms with E-state index in [1.165, 1.54) is 10.4 Å². The van der Waals surface area contributed by atoms with Crippen LogP contribution in [0.4, 0.5) is 5.69 Å². The van der Waals surface area contributed by atoms with Crippen molar-refractivity contribution in [2.45, 2.75) is 25.3 Å². The van der Waals surface area contributed by atoms with E-state index in [0.717, 1.165) is 22.1 Å². The summed E-state index contributed by atoms with van der Waals surface area (Å²) in [5.74, 6) is 0. The van der Waals surface area contributed by atoms with E-state index >= 15 is 0 Å². The molecule has 1 N–H and O–H groups in total. The molecule has 1 aromatic heterocycles. The molecule has 1 aliphatic heterocycles. The van der Waals surface area contributed by atoms with Gasteiger partial charge in [0.1, 0.15) is 5.58 Å². The molecule has 0 bridgehead atoms. The number of morpholine rings is 1. The fourth-order valence-electron chi connectivity index (χ4n) is 3.57. The van der Waals surface area contributed by atoms with Crippen molar-refractivity contribution in [3.63, 3.8) is 0 Å². The highest BCUT2D eigenvalue weighted by Gasteiger charge is 2.26. The van der Waals surface area contributed by atoms with Gasteiger partial charge in [-0.1, -0.05) is 18.2 Å². The van der Waals surface area contributed by atoms with Gasteiger partial charge in [0.15, 0.2) is 0 Å². The predicted molar refractivity (Wildman–Crippen MR) is 115 cm³/mol. The van der Waals surface area contributed by atoms with E-state index in [9.17, 15) is 13.2 Å². The number of aryl methyl sites for hydroxylation is 2. The number of anilines is 1. The van der Waals surface area contributed by atoms with E-state index in [1.54, 1.807) is 24.3 Å². The minimum Gasteiger partial charge on any atom is -0.422 e. The molecule has 0 aliphatic carbocycles. The predicted octanol–water partition coefficient (Wildman–Crippen LogP) is 3.04. The zero-order valence-corrected chi connectivity index (χ0v) is 17.8. The summed E-state index contributed by atoms with van der Waals surface area (Å²) < 4.78 is 37.9. The molecule has 4 rings (SSSR count). The Balaban J connectivity index is 1.60. The summed E-state index contributed by atoms with van der Waals surface area (Å²) in [6, 6.07) is 12.1. The fourth-order valence-corrected chi connectivity index (χ4v) is 5.03. The molecule has 0 saturated carbocycles. The summed E-state index contributed by atoms with van der Waals surface area (Å²) in [7, 11) is -3.57. The first-order valence-electron chi connectivity index (χ1n) is 9.81. The Kier molecular flexibility index (Phi) is 5.64. The molecule has 8 heteroatoms. The largest absolute Gasteiger partial charge is 0.422 e. The third-order valence-corrected chi connectivity index (χ3v) is 7.34. The van der Waals surface area contributed by atoms with E-state index in [2.05, 4.69) is 5.32 Å². The lowest BCUT2D eigenvalue weighted by molar-refractivity contribution is 0.0730. The average Bonchev–Trinajstić information content (AvgIpc) is 2.76. The second-order valence-electron chi connectivity index (χ2n) is 7.37. The lowest BCUT2D eigenvalue weighted by Crippen LogP contribution is -2.40. The first kappa shape index (κ1) is 20.6. The van der Waals surface area contributed by atoms with Gasteiger partial charge >= 0.3 is 5.63 Å². The van der Waals surface area contributed by atoms with E-state index in [1.807, 2.05) is 26.0 Å². The van der Waals surface area contributed by atoms with Crippen molar-refractivity contribution in [2.75, 3.05) is 31.6 Å². The number of fused-ring (bicyclic) bond motifs is 1. The molecule has 1 saturated heterocycles. The maximum atomic E-state index is 12.9. The van der Waals surface area contributed by atoms with Crippen molar-refractivity contribution in [1.29, 1.82) is 0 Å². The zero-order valence-electron chi connectivity index (χ0n) is 17.0. The van der Waals surface area contributed by atoms with Gasteiger partial charge < -0.3 is 14.5 Å². The van der Waals surface area contributed by atoms with Gasteiger partial charge in [-0.05, 0) is 48.7 Å². The van der Waals surface area contributed by atoms with Crippen LogP contribution < -0.4 is 10.9 Å². The van der Waals surface area contributed by atoms with Gasteiger partial charge in [-0.15, -0.1) is 0 Å². The molecular formula is C22H24N2O5S. The smallest absolute Gasteiger partial charge is 0.336 e. The van der Waals surface area contributed by atoms with Crippen molar-refractivity contribution in [3.8, 4) is 0 Å². The molecule has 0 amide bonds. The number of benzene rings is 2. The third-order valence-electron chi connectivity index (χ3n) is 5.44. The topological polar surface area (TPSA) is 88.9 Å². The zero-order chi connectivity index (χ0) is 21.3. The fraction of sp³-hybridized carbons (Fsp3) is 0.318.